The number of allylic oxidation sites excluding steroid dienone is 4. The standard InChI is InChI=1S/C9H13Si/c1-3-10(4-2)9-7-5-6-8-9/h5-7H,3-4H2,1-2H3. The summed E-state index contributed by atoms with van der Waals surface area (Å²) in [5.74, 6) is 0. The predicted octanol–water partition coefficient (Wildman–Crippen LogP) is 2.20. The van der Waals surface area contributed by atoms with Crippen LogP contribution < -0.4 is 0 Å². The van der Waals surface area contributed by atoms with Gasteiger partial charge in [0.15, 0.2) is 0 Å². The highest BCUT2D eigenvalue weighted by Gasteiger charge is 1.99. The Morgan fingerprint density at radius 2 is 2.10 bits per heavy atom. The van der Waals surface area contributed by atoms with Crippen LogP contribution in [0.4, 0.5) is 0 Å². The van der Waals surface area contributed by atoms with E-state index in [2.05, 4.69) is 32.1 Å². The molecule has 0 saturated heterocycles. The van der Waals surface area contributed by atoms with Gasteiger partial charge < -0.3 is 0 Å². The fraction of sp³-hybridized carbons (Fsp3) is 0.444. The van der Waals surface area contributed by atoms with Crippen molar-refractivity contribution in [3.8, 4) is 0 Å². The second-order valence-corrected chi connectivity index (χ2v) is 5.55. The van der Waals surface area contributed by atoms with Crippen LogP contribution in [0.3, 0.4) is 0 Å². The molecule has 1 rings (SSSR count). The molecule has 1 aliphatic carbocycles. The van der Waals surface area contributed by atoms with Gasteiger partial charge in [0.2, 0.25) is 0 Å². The molecule has 0 amide bonds. The molecule has 0 fully saturated rings. The molecule has 0 spiro atoms. The molecule has 53 valence electrons. The summed E-state index contributed by atoms with van der Waals surface area (Å²) in [4.78, 5) is 0. The Hall–Kier alpha value is -0.433. The summed E-state index contributed by atoms with van der Waals surface area (Å²) in [5, 5.41) is 1.48. The van der Waals surface area contributed by atoms with Crippen LogP contribution in [0.15, 0.2) is 18.2 Å². The van der Waals surface area contributed by atoms with Crippen LogP contribution in [0.25, 0.3) is 0 Å². The minimum Gasteiger partial charge on any atom is -0.0648 e. The summed E-state index contributed by atoms with van der Waals surface area (Å²) < 4.78 is 0. The van der Waals surface area contributed by atoms with Gasteiger partial charge in [-0.3, -0.25) is 0 Å². The largest absolute Gasteiger partial charge is 0.0648 e. The van der Waals surface area contributed by atoms with Gasteiger partial charge in [-0.15, -0.1) is 0 Å². The fourth-order valence-corrected chi connectivity index (χ4v) is 3.06. The Labute approximate surface area is 64.5 Å². The molecule has 0 aliphatic heterocycles. The summed E-state index contributed by atoms with van der Waals surface area (Å²) in [6.45, 7) is 4.55. The van der Waals surface area contributed by atoms with Crippen molar-refractivity contribution in [1.29, 1.82) is 0 Å². The molecule has 0 aromatic heterocycles. The summed E-state index contributed by atoms with van der Waals surface area (Å²) >= 11 is 0. The maximum atomic E-state index is 3.28. The van der Waals surface area contributed by atoms with Gasteiger partial charge in [0, 0.05) is 8.41 Å². The maximum Gasteiger partial charge on any atom is 0.0196 e. The molecule has 0 heterocycles. The van der Waals surface area contributed by atoms with Crippen LogP contribution in [0.1, 0.15) is 13.8 Å². The number of rotatable bonds is 2. The molecule has 0 aromatic rings. The fourth-order valence-electron chi connectivity index (χ4n) is 1.18. The molecule has 0 N–H and O–H groups in total. The highest BCUT2D eigenvalue weighted by Crippen LogP contribution is 1.99. The molecule has 0 atom stereocenters. The minimum absolute atomic E-state index is 0.213. The van der Waals surface area contributed by atoms with Crippen LogP contribution in [0, 0.1) is 6.08 Å². The van der Waals surface area contributed by atoms with E-state index in [0.29, 0.717) is 0 Å². The van der Waals surface area contributed by atoms with E-state index >= 15 is 0 Å². The van der Waals surface area contributed by atoms with E-state index < -0.39 is 0 Å². The molecule has 0 saturated carbocycles. The third-order valence-corrected chi connectivity index (χ3v) is 4.61. The van der Waals surface area contributed by atoms with Crippen molar-refractivity contribution >= 4 is 13.6 Å². The Bertz CT molecular complexity index is 177. The molecule has 0 bridgehead atoms. The van der Waals surface area contributed by atoms with Gasteiger partial charge in [0.05, 0.1) is 0 Å². The van der Waals surface area contributed by atoms with Crippen molar-refractivity contribution in [3.05, 3.63) is 24.3 Å². The second-order valence-electron chi connectivity index (χ2n) is 2.39. The average molecular weight is 149 g/mol. The second kappa shape index (κ2) is 3.67. The van der Waals surface area contributed by atoms with Gasteiger partial charge in [0.25, 0.3) is 0 Å². The van der Waals surface area contributed by atoms with Crippen molar-refractivity contribution in [2.24, 2.45) is 0 Å². The zero-order chi connectivity index (χ0) is 7.40. The third-order valence-electron chi connectivity index (χ3n) is 1.83. The van der Waals surface area contributed by atoms with Crippen LogP contribution >= 0.6 is 0 Å². The van der Waals surface area contributed by atoms with E-state index in [1.807, 2.05) is 6.08 Å². The normalized spacial score (nSPS) is 14.8. The Kier molecular flexibility index (Phi) is 2.81. The van der Waals surface area contributed by atoms with Crippen LogP contribution in [0.2, 0.25) is 12.1 Å². The molecule has 0 nitrogen and oxygen atoms in total. The number of hydrogen-bond donors (Lipinski definition) is 0. The zero-order valence-corrected chi connectivity index (χ0v) is 7.65. The lowest BCUT2D eigenvalue weighted by atomic mass is 10.5. The Morgan fingerprint density at radius 1 is 1.40 bits per heavy atom. The SMILES string of the molecule is CC[Si](CC)=C1[C]=CC=C1. The zero-order valence-electron chi connectivity index (χ0n) is 6.65. The third kappa shape index (κ3) is 1.54. The van der Waals surface area contributed by atoms with Crippen LogP contribution in [-0.4, -0.2) is 13.6 Å². The first-order chi connectivity index (χ1) is 4.88. The summed E-state index contributed by atoms with van der Waals surface area (Å²) in [5.41, 5.74) is 0. The van der Waals surface area contributed by atoms with E-state index in [9.17, 15) is 0 Å². The Morgan fingerprint density at radius 3 is 2.50 bits per heavy atom. The lowest BCUT2D eigenvalue weighted by molar-refractivity contribution is 1.35. The van der Waals surface area contributed by atoms with Gasteiger partial charge in [-0.05, 0) is 23.3 Å². The van der Waals surface area contributed by atoms with E-state index in [-0.39, 0.29) is 8.41 Å². The van der Waals surface area contributed by atoms with Gasteiger partial charge in [0.1, 0.15) is 0 Å². The van der Waals surface area contributed by atoms with Gasteiger partial charge in [-0.2, -0.15) is 0 Å². The first-order valence-corrected chi connectivity index (χ1v) is 5.78. The molecule has 0 unspecified atom stereocenters. The lowest BCUT2D eigenvalue weighted by Gasteiger charge is -1.99. The average Bonchev–Trinajstić information content (AvgIpc) is 2.43. The quantitative estimate of drug-likeness (QED) is 0.528. The van der Waals surface area contributed by atoms with Crippen LogP contribution in [-0.2, 0) is 0 Å². The highest BCUT2D eigenvalue weighted by molar-refractivity contribution is 6.74. The predicted molar refractivity (Wildman–Crippen MR) is 48.7 cm³/mol. The molecular formula is C9H13Si. The lowest BCUT2D eigenvalue weighted by Crippen LogP contribution is -2.08. The van der Waals surface area contributed by atoms with Gasteiger partial charge in [-0.1, -0.05) is 32.1 Å². The molecule has 1 radical (unpaired) electrons. The molecule has 0 aromatic carbocycles. The topological polar surface area (TPSA) is 0 Å². The first kappa shape index (κ1) is 7.67. The number of hydrogen-bond acceptors (Lipinski definition) is 0. The van der Waals surface area contributed by atoms with Crippen molar-refractivity contribution in [2.75, 3.05) is 0 Å². The summed E-state index contributed by atoms with van der Waals surface area (Å²) in [6.07, 6.45) is 9.60. The van der Waals surface area contributed by atoms with E-state index in [1.165, 1.54) is 17.3 Å². The molecular weight excluding hydrogens is 136 g/mol. The van der Waals surface area contributed by atoms with Crippen molar-refractivity contribution in [1.82, 2.24) is 0 Å². The summed E-state index contributed by atoms with van der Waals surface area (Å²) in [7, 11) is -0.213. The monoisotopic (exact) mass is 149 g/mol. The van der Waals surface area contributed by atoms with E-state index in [4.69, 9.17) is 0 Å². The van der Waals surface area contributed by atoms with Gasteiger partial charge in [-0.25, -0.2) is 0 Å². The highest BCUT2D eigenvalue weighted by atomic mass is 28.2. The van der Waals surface area contributed by atoms with Crippen LogP contribution in [0.5, 0.6) is 0 Å². The van der Waals surface area contributed by atoms with Crippen molar-refractivity contribution in [3.63, 3.8) is 0 Å². The minimum atomic E-state index is -0.213. The van der Waals surface area contributed by atoms with E-state index in [1.54, 1.807) is 0 Å². The Balaban J connectivity index is 2.81. The first-order valence-electron chi connectivity index (χ1n) is 3.87. The van der Waals surface area contributed by atoms with Gasteiger partial charge >= 0.3 is 0 Å². The van der Waals surface area contributed by atoms with Crippen molar-refractivity contribution in [2.45, 2.75) is 25.9 Å². The van der Waals surface area contributed by atoms with Crippen molar-refractivity contribution < 1.29 is 0 Å². The summed E-state index contributed by atoms with van der Waals surface area (Å²) in [6, 6.07) is 2.67. The molecule has 1 aliphatic rings. The van der Waals surface area contributed by atoms with E-state index in [0.717, 1.165) is 0 Å². The smallest absolute Gasteiger partial charge is 0.0196 e. The molecule has 10 heavy (non-hydrogen) atoms. The molecule has 1 heteroatoms. The maximum absolute atomic E-state index is 3.28.